The van der Waals surface area contributed by atoms with Gasteiger partial charge in [-0.05, 0) is 25.0 Å². The van der Waals surface area contributed by atoms with E-state index in [1.807, 2.05) is 12.1 Å². The van der Waals surface area contributed by atoms with Crippen LogP contribution in [0.4, 0.5) is 0 Å². The minimum absolute atomic E-state index is 0. The fourth-order valence-corrected chi connectivity index (χ4v) is 2.68. The molecule has 0 spiro atoms. The van der Waals surface area contributed by atoms with Gasteiger partial charge in [-0.2, -0.15) is 0 Å². The van der Waals surface area contributed by atoms with Crippen molar-refractivity contribution < 1.29 is 9.52 Å². The summed E-state index contributed by atoms with van der Waals surface area (Å²) in [6.07, 6.45) is 5.70. The third-order valence-corrected chi connectivity index (χ3v) is 4.17. The van der Waals surface area contributed by atoms with Gasteiger partial charge in [0, 0.05) is 19.0 Å². The lowest BCUT2D eigenvalue weighted by Gasteiger charge is -2.38. The molecule has 1 saturated carbocycles. The summed E-state index contributed by atoms with van der Waals surface area (Å²) in [7, 11) is 1.75. The van der Waals surface area contributed by atoms with E-state index in [9.17, 15) is 5.11 Å². The van der Waals surface area contributed by atoms with Crippen LogP contribution in [0.15, 0.2) is 27.8 Å². The highest BCUT2D eigenvalue weighted by Gasteiger charge is 2.35. The van der Waals surface area contributed by atoms with Crippen LogP contribution < -0.4 is 10.6 Å². The van der Waals surface area contributed by atoms with Gasteiger partial charge >= 0.3 is 0 Å². The van der Waals surface area contributed by atoms with Gasteiger partial charge in [0.05, 0.1) is 18.9 Å². The molecule has 5 nitrogen and oxygen atoms in total. The predicted octanol–water partition coefficient (Wildman–Crippen LogP) is 2.50. The van der Waals surface area contributed by atoms with Crippen molar-refractivity contribution in [3.05, 3.63) is 24.2 Å². The monoisotopic (exact) mass is 407 g/mol. The minimum Gasteiger partial charge on any atom is -0.467 e. The molecule has 0 amide bonds. The number of nitrogens with zero attached hydrogens (tertiary/aromatic N) is 1. The standard InChI is InChI=1S/C15H25N3O2.HI/c1-15(8-4-3-7-13(15)19)11-18-14(16-2)17-10-12-6-5-9-20-12;/h5-6,9,13,19H,3-4,7-8,10-11H2,1-2H3,(H2,16,17,18);1H. The van der Waals surface area contributed by atoms with Crippen molar-refractivity contribution in [3.8, 4) is 0 Å². The van der Waals surface area contributed by atoms with Gasteiger partial charge in [-0.3, -0.25) is 4.99 Å². The van der Waals surface area contributed by atoms with Crippen LogP contribution in [-0.4, -0.2) is 30.8 Å². The first-order chi connectivity index (χ1) is 9.64. The summed E-state index contributed by atoms with van der Waals surface area (Å²) in [5, 5.41) is 16.7. The van der Waals surface area contributed by atoms with E-state index in [0.717, 1.165) is 37.5 Å². The molecule has 0 saturated heterocycles. The Bertz CT molecular complexity index is 436. The highest BCUT2D eigenvalue weighted by molar-refractivity contribution is 14.0. The second-order valence-corrected chi connectivity index (χ2v) is 5.77. The Morgan fingerprint density at radius 1 is 1.48 bits per heavy atom. The van der Waals surface area contributed by atoms with Crippen molar-refractivity contribution in [2.24, 2.45) is 10.4 Å². The first kappa shape index (κ1) is 18.3. The molecule has 1 aliphatic carbocycles. The predicted molar refractivity (Wildman–Crippen MR) is 94.9 cm³/mol. The minimum atomic E-state index is -0.230. The van der Waals surface area contributed by atoms with Crippen molar-refractivity contribution in [2.45, 2.75) is 45.3 Å². The summed E-state index contributed by atoms with van der Waals surface area (Å²) < 4.78 is 5.27. The van der Waals surface area contributed by atoms with E-state index < -0.39 is 0 Å². The van der Waals surface area contributed by atoms with E-state index in [1.54, 1.807) is 13.3 Å². The molecule has 2 rings (SSSR count). The molecule has 2 atom stereocenters. The molecule has 0 radical (unpaired) electrons. The van der Waals surface area contributed by atoms with Crippen LogP contribution in [0.2, 0.25) is 0 Å². The topological polar surface area (TPSA) is 69.8 Å². The molecule has 1 aromatic heterocycles. The first-order valence-electron chi connectivity index (χ1n) is 7.29. The Morgan fingerprint density at radius 3 is 2.90 bits per heavy atom. The van der Waals surface area contributed by atoms with Gasteiger partial charge < -0.3 is 20.2 Å². The Labute approximate surface area is 143 Å². The fraction of sp³-hybridized carbons (Fsp3) is 0.667. The molecule has 3 N–H and O–H groups in total. The van der Waals surface area contributed by atoms with Crippen LogP contribution in [-0.2, 0) is 6.54 Å². The Morgan fingerprint density at radius 2 is 2.29 bits per heavy atom. The van der Waals surface area contributed by atoms with Crippen LogP contribution >= 0.6 is 24.0 Å². The SMILES string of the molecule is CN=C(NCc1ccco1)NCC1(C)CCCCC1O.I. The summed E-state index contributed by atoms with van der Waals surface area (Å²) in [4.78, 5) is 4.20. The zero-order valence-corrected chi connectivity index (χ0v) is 15.1. The average molecular weight is 407 g/mol. The number of aliphatic imine (C=N–C) groups is 1. The largest absolute Gasteiger partial charge is 0.467 e. The molecular weight excluding hydrogens is 381 g/mol. The summed E-state index contributed by atoms with van der Waals surface area (Å²) >= 11 is 0. The van der Waals surface area contributed by atoms with E-state index in [1.165, 1.54) is 6.42 Å². The van der Waals surface area contributed by atoms with E-state index in [4.69, 9.17) is 4.42 Å². The van der Waals surface area contributed by atoms with E-state index in [0.29, 0.717) is 6.54 Å². The van der Waals surface area contributed by atoms with Gasteiger partial charge in [0.1, 0.15) is 5.76 Å². The highest BCUT2D eigenvalue weighted by atomic mass is 127. The van der Waals surface area contributed by atoms with Crippen LogP contribution in [0.3, 0.4) is 0 Å². The molecule has 0 aromatic carbocycles. The number of nitrogens with one attached hydrogen (secondary N) is 2. The molecule has 1 fully saturated rings. The number of aliphatic hydroxyl groups is 1. The first-order valence-corrected chi connectivity index (χ1v) is 7.29. The lowest BCUT2D eigenvalue weighted by Crippen LogP contribution is -2.48. The third-order valence-electron chi connectivity index (χ3n) is 4.17. The maximum absolute atomic E-state index is 10.2. The van der Waals surface area contributed by atoms with E-state index in [-0.39, 0.29) is 35.5 Å². The van der Waals surface area contributed by atoms with Gasteiger partial charge in [0.2, 0.25) is 0 Å². The van der Waals surface area contributed by atoms with Crippen LogP contribution in [0.5, 0.6) is 0 Å². The number of hydrogen-bond acceptors (Lipinski definition) is 3. The zero-order valence-electron chi connectivity index (χ0n) is 12.8. The highest BCUT2D eigenvalue weighted by Crippen LogP contribution is 2.35. The Balaban J connectivity index is 0.00000220. The Kier molecular flexibility index (Phi) is 7.51. The number of halogens is 1. The molecule has 2 unspecified atom stereocenters. The van der Waals surface area contributed by atoms with Crippen LogP contribution in [0.25, 0.3) is 0 Å². The van der Waals surface area contributed by atoms with Gasteiger partial charge in [-0.25, -0.2) is 0 Å². The van der Waals surface area contributed by atoms with E-state index >= 15 is 0 Å². The van der Waals surface area contributed by atoms with Gasteiger partial charge in [0.25, 0.3) is 0 Å². The molecule has 6 heteroatoms. The normalized spacial score (nSPS) is 26.0. The van der Waals surface area contributed by atoms with Crippen molar-refractivity contribution in [3.63, 3.8) is 0 Å². The molecule has 1 heterocycles. The molecule has 1 aliphatic rings. The number of hydrogen-bond donors (Lipinski definition) is 3. The van der Waals surface area contributed by atoms with Crippen molar-refractivity contribution >= 4 is 29.9 Å². The van der Waals surface area contributed by atoms with Crippen LogP contribution in [0.1, 0.15) is 38.4 Å². The smallest absolute Gasteiger partial charge is 0.191 e. The molecule has 21 heavy (non-hydrogen) atoms. The average Bonchev–Trinajstić information content (AvgIpc) is 2.96. The number of guanidine groups is 1. The Hall–Kier alpha value is -0.760. The van der Waals surface area contributed by atoms with Gasteiger partial charge in [-0.15, -0.1) is 24.0 Å². The quantitative estimate of drug-likeness (QED) is 0.408. The van der Waals surface area contributed by atoms with E-state index in [2.05, 4.69) is 22.5 Å². The molecule has 0 bridgehead atoms. The molecular formula is C15H26IN3O2. The lowest BCUT2D eigenvalue weighted by atomic mass is 9.73. The lowest BCUT2D eigenvalue weighted by molar-refractivity contribution is 0.00397. The number of furan rings is 1. The van der Waals surface area contributed by atoms with Crippen molar-refractivity contribution in [1.29, 1.82) is 0 Å². The summed E-state index contributed by atoms with van der Waals surface area (Å²) in [6, 6.07) is 3.79. The third kappa shape index (κ3) is 5.18. The van der Waals surface area contributed by atoms with Gasteiger partial charge in [-0.1, -0.05) is 19.8 Å². The van der Waals surface area contributed by atoms with Crippen LogP contribution in [0, 0.1) is 5.41 Å². The number of rotatable bonds is 4. The zero-order chi connectivity index (χ0) is 14.4. The fourth-order valence-electron chi connectivity index (χ4n) is 2.68. The maximum atomic E-state index is 10.2. The molecule has 1 aromatic rings. The van der Waals surface area contributed by atoms with Crippen molar-refractivity contribution in [2.75, 3.05) is 13.6 Å². The maximum Gasteiger partial charge on any atom is 0.191 e. The second kappa shape index (κ2) is 8.63. The molecule has 0 aliphatic heterocycles. The summed E-state index contributed by atoms with van der Waals surface area (Å²) in [5.74, 6) is 1.61. The molecule has 120 valence electrons. The van der Waals surface area contributed by atoms with Crippen molar-refractivity contribution in [1.82, 2.24) is 10.6 Å². The second-order valence-electron chi connectivity index (χ2n) is 5.77. The number of aliphatic hydroxyl groups excluding tert-OH is 1. The summed E-state index contributed by atoms with van der Waals surface area (Å²) in [5.41, 5.74) is -0.0689. The van der Waals surface area contributed by atoms with Gasteiger partial charge in [0.15, 0.2) is 5.96 Å². The summed E-state index contributed by atoms with van der Waals surface area (Å²) in [6.45, 7) is 3.47.